The Morgan fingerprint density at radius 2 is 1.71 bits per heavy atom. The Kier molecular flexibility index (Phi) is 4.63. The maximum Gasteiger partial charge on any atom is 0.214 e. The van der Waals surface area contributed by atoms with Gasteiger partial charge in [0.1, 0.15) is 0 Å². The van der Waals surface area contributed by atoms with Gasteiger partial charge in [-0.15, -0.1) is 0 Å². The molecule has 0 bridgehead atoms. The molecular weight excluding hydrogens is 286 g/mol. The lowest BCUT2D eigenvalue weighted by molar-refractivity contribution is -0.0817. The summed E-state index contributed by atoms with van der Waals surface area (Å²) in [5.74, 6) is 0.843. The average molecular weight is 315 g/mol. The van der Waals surface area contributed by atoms with E-state index < -0.39 is 15.6 Å². The van der Waals surface area contributed by atoms with E-state index in [-0.39, 0.29) is 5.92 Å². The van der Waals surface area contributed by atoms with Crippen LogP contribution in [0.15, 0.2) is 0 Å². The summed E-state index contributed by atoms with van der Waals surface area (Å²) in [5, 5.41) is 10.7. The molecule has 0 spiro atoms. The van der Waals surface area contributed by atoms with Gasteiger partial charge < -0.3 is 5.11 Å². The third-order valence-electron chi connectivity index (χ3n) is 5.95. The maximum absolute atomic E-state index is 12.7. The van der Waals surface area contributed by atoms with Gasteiger partial charge in [-0.1, -0.05) is 32.1 Å². The molecule has 3 aliphatic rings. The number of fused-ring (bicyclic) bond motifs is 1. The second kappa shape index (κ2) is 6.17. The lowest BCUT2D eigenvalue weighted by Gasteiger charge is -2.47. The van der Waals surface area contributed by atoms with Crippen LogP contribution in [-0.2, 0) is 10.0 Å². The minimum absolute atomic E-state index is 0.154. The molecule has 122 valence electrons. The Hall–Kier alpha value is -0.130. The van der Waals surface area contributed by atoms with Crippen molar-refractivity contribution in [2.45, 2.75) is 69.8 Å². The molecule has 21 heavy (non-hydrogen) atoms. The number of aliphatic hydroxyl groups is 1. The Morgan fingerprint density at radius 3 is 2.48 bits per heavy atom. The third-order valence-corrected chi connectivity index (χ3v) is 7.97. The van der Waals surface area contributed by atoms with Crippen LogP contribution >= 0.6 is 0 Å². The largest absolute Gasteiger partial charge is 0.390 e. The van der Waals surface area contributed by atoms with Crippen LogP contribution in [0.25, 0.3) is 0 Å². The van der Waals surface area contributed by atoms with Crippen molar-refractivity contribution in [1.29, 1.82) is 0 Å². The summed E-state index contributed by atoms with van der Waals surface area (Å²) in [7, 11) is -3.14. The van der Waals surface area contributed by atoms with Crippen molar-refractivity contribution in [3.05, 3.63) is 0 Å². The second-order valence-electron chi connectivity index (χ2n) is 7.44. The lowest BCUT2D eigenvalue weighted by Crippen LogP contribution is -2.55. The molecule has 5 heteroatoms. The molecule has 0 amide bonds. The molecular formula is C16H29NO3S. The van der Waals surface area contributed by atoms with E-state index in [1.165, 1.54) is 19.3 Å². The van der Waals surface area contributed by atoms with Crippen LogP contribution in [-0.4, -0.2) is 42.3 Å². The van der Waals surface area contributed by atoms with Gasteiger partial charge in [0.2, 0.25) is 10.0 Å². The molecule has 3 rings (SSSR count). The van der Waals surface area contributed by atoms with Gasteiger partial charge in [0.05, 0.1) is 11.4 Å². The molecule has 3 fully saturated rings. The number of hydrogen-bond acceptors (Lipinski definition) is 3. The first-order valence-electron chi connectivity index (χ1n) is 8.70. The standard InChI is InChI=1S/C16H29NO3S/c18-16-9-5-4-8-15(16)12-17(11-10-16)21(19,20)13-14-6-2-1-3-7-14/h14-15,18H,1-13H2. The van der Waals surface area contributed by atoms with Crippen LogP contribution in [0.4, 0.5) is 0 Å². The number of nitrogens with zero attached hydrogens (tertiary/aromatic N) is 1. The van der Waals surface area contributed by atoms with Gasteiger partial charge in [-0.05, 0) is 38.0 Å². The Bertz CT molecular complexity index is 458. The SMILES string of the molecule is O=S(=O)(CC1CCCCC1)N1CCC2(O)CCCCC2C1. The topological polar surface area (TPSA) is 57.6 Å². The zero-order valence-corrected chi connectivity index (χ0v) is 13.8. The van der Waals surface area contributed by atoms with E-state index in [1.54, 1.807) is 4.31 Å². The first-order chi connectivity index (χ1) is 10.00. The van der Waals surface area contributed by atoms with Crippen molar-refractivity contribution in [3.8, 4) is 0 Å². The minimum Gasteiger partial charge on any atom is -0.390 e. The Labute approximate surface area is 129 Å². The highest BCUT2D eigenvalue weighted by atomic mass is 32.2. The summed E-state index contributed by atoms with van der Waals surface area (Å²) in [4.78, 5) is 0. The molecule has 0 aromatic heterocycles. The normalized spacial score (nSPS) is 36.3. The Morgan fingerprint density at radius 1 is 1.00 bits per heavy atom. The molecule has 2 atom stereocenters. The third kappa shape index (κ3) is 3.45. The zero-order chi connectivity index (χ0) is 14.9. The fraction of sp³-hybridized carbons (Fsp3) is 1.00. The van der Waals surface area contributed by atoms with Gasteiger partial charge in [0, 0.05) is 19.0 Å². The average Bonchev–Trinajstić information content (AvgIpc) is 2.46. The summed E-state index contributed by atoms with van der Waals surface area (Å²) >= 11 is 0. The van der Waals surface area contributed by atoms with Crippen molar-refractivity contribution in [2.75, 3.05) is 18.8 Å². The number of hydrogen-bond donors (Lipinski definition) is 1. The molecule has 1 N–H and O–H groups in total. The van der Waals surface area contributed by atoms with Crippen LogP contribution in [0.3, 0.4) is 0 Å². The molecule has 1 aliphatic heterocycles. The van der Waals surface area contributed by atoms with Gasteiger partial charge in [0.15, 0.2) is 0 Å². The zero-order valence-electron chi connectivity index (χ0n) is 13.0. The predicted molar refractivity (Wildman–Crippen MR) is 83.5 cm³/mol. The van der Waals surface area contributed by atoms with Crippen molar-refractivity contribution >= 4 is 10.0 Å². The van der Waals surface area contributed by atoms with Gasteiger partial charge in [-0.25, -0.2) is 12.7 Å². The van der Waals surface area contributed by atoms with Gasteiger partial charge in [-0.2, -0.15) is 0 Å². The molecule has 0 aromatic rings. The lowest BCUT2D eigenvalue weighted by atomic mass is 9.72. The highest BCUT2D eigenvalue weighted by Crippen LogP contribution is 2.40. The van der Waals surface area contributed by atoms with E-state index >= 15 is 0 Å². The summed E-state index contributed by atoms with van der Waals surface area (Å²) in [6.07, 6.45) is 10.4. The molecule has 0 radical (unpaired) electrons. The van der Waals surface area contributed by atoms with Gasteiger partial charge in [-0.3, -0.25) is 0 Å². The molecule has 1 heterocycles. The molecule has 2 unspecified atom stereocenters. The van der Waals surface area contributed by atoms with Crippen molar-refractivity contribution in [1.82, 2.24) is 4.31 Å². The fourth-order valence-corrected chi connectivity index (χ4v) is 6.47. The quantitative estimate of drug-likeness (QED) is 0.870. The summed E-state index contributed by atoms with van der Waals surface area (Å²) in [6.45, 7) is 1.06. The highest BCUT2D eigenvalue weighted by Gasteiger charge is 2.45. The van der Waals surface area contributed by atoms with Crippen molar-refractivity contribution < 1.29 is 13.5 Å². The Balaban J connectivity index is 1.63. The summed E-state index contributed by atoms with van der Waals surface area (Å²) < 4.78 is 27.0. The first-order valence-corrected chi connectivity index (χ1v) is 10.3. The minimum atomic E-state index is -3.14. The van der Waals surface area contributed by atoms with E-state index in [2.05, 4.69) is 0 Å². The van der Waals surface area contributed by atoms with Crippen LogP contribution in [0.1, 0.15) is 64.2 Å². The molecule has 2 aliphatic carbocycles. The summed E-state index contributed by atoms with van der Waals surface area (Å²) in [6, 6.07) is 0. The van der Waals surface area contributed by atoms with E-state index in [0.717, 1.165) is 38.5 Å². The molecule has 1 saturated heterocycles. The van der Waals surface area contributed by atoms with Crippen LogP contribution in [0, 0.1) is 11.8 Å². The number of sulfonamides is 1. The van der Waals surface area contributed by atoms with Crippen molar-refractivity contribution in [3.63, 3.8) is 0 Å². The predicted octanol–water partition coefficient (Wildman–Crippen LogP) is 2.52. The van der Waals surface area contributed by atoms with Crippen LogP contribution in [0.2, 0.25) is 0 Å². The van der Waals surface area contributed by atoms with E-state index in [1.807, 2.05) is 0 Å². The summed E-state index contributed by atoms with van der Waals surface area (Å²) in [5.41, 5.74) is -0.588. The molecule has 2 saturated carbocycles. The highest BCUT2D eigenvalue weighted by molar-refractivity contribution is 7.89. The van der Waals surface area contributed by atoms with Gasteiger partial charge >= 0.3 is 0 Å². The van der Waals surface area contributed by atoms with Gasteiger partial charge in [0.25, 0.3) is 0 Å². The smallest absolute Gasteiger partial charge is 0.214 e. The maximum atomic E-state index is 12.7. The number of rotatable bonds is 3. The van der Waals surface area contributed by atoms with Crippen LogP contribution < -0.4 is 0 Å². The second-order valence-corrected chi connectivity index (χ2v) is 9.45. The first kappa shape index (κ1) is 15.8. The fourth-order valence-electron chi connectivity index (χ4n) is 4.55. The van der Waals surface area contributed by atoms with Crippen LogP contribution in [0.5, 0.6) is 0 Å². The van der Waals surface area contributed by atoms with Crippen molar-refractivity contribution in [2.24, 2.45) is 11.8 Å². The molecule has 0 aromatic carbocycles. The monoisotopic (exact) mass is 315 g/mol. The number of piperidine rings is 1. The van der Waals surface area contributed by atoms with E-state index in [0.29, 0.717) is 31.2 Å². The molecule has 4 nitrogen and oxygen atoms in total. The van der Waals surface area contributed by atoms with E-state index in [9.17, 15) is 13.5 Å². The van der Waals surface area contributed by atoms with E-state index in [4.69, 9.17) is 0 Å².